The maximum atomic E-state index is 3.84. The maximum Gasteiger partial charge on any atom is 0.0541 e. The Morgan fingerprint density at radius 3 is 2.87 bits per heavy atom. The molecule has 1 unspecified atom stereocenters. The summed E-state index contributed by atoms with van der Waals surface area (Å²) in [5.41, 5.74) is 1.18. The molecule has 1 heterocycles. The molecule has 84 valence electrons. The largest absolute Gasteiger partial charge is 0.309 e. The molecule has 1 aromatic rings. The summed E-state index contributed by atoms with van der Waals surface area (Å²) in [6, 6.07) is 2.47. The highest BCUT2D eigenvalue weighted by atomic mass is 15.1. The molecular weight excluding hydrogens is 188 g/mol. The fraction of sp³-hybridized carbons (Fsp3) is 0.636. The van der Waals surface area contributed by atoms with Crippen LogP contribution in [0.25, 0.3) is 0 Å². The van der Waals surface area contributed by atoms with Crippen LogP contribution in [0.4, 0.5) is 0 Å². The third-order valence-electron chi connectivity index (χ3n) is 2.43. The average molecular weight is 208 g/mol. The van der Waals surface area contributed by atoms with Crippen molar-refractivity contribution in [3.05, 3.63) is 24.0 Å². The van der Waals surface area contributed by atoms with E-state index in [0.717, 1.165) is 19.6 Å². The second kappa shape index (κ2) is 6.48. The van der Waals surface area contributed by atoms with E-state index in [0.29, 0.717) is 6.04 Å². The quantitative estimate of drug-likeness (QED) is 0.754. The third kappa shape index (κ3) is 4.85. The van der Waals surface area contributed by atoms with Crippen molar-refractivity contribution in [1.29, 1.82) is 0 Å². The highest BCUT2D eigenvalue weighted by Gasteiger charge is 2.03. The van der Waals surface area contributed by atoms with E-state index < -0.39 is 0 Å². The molecule has 1 rings (SSSR count). The Morgan fingerprint density at radius 1 is 1.47 bits per heavy atom. The SMILES string of the molecule is CCN(C)CC(C)NCc1ccnnc1. The van der Waals surface area contributed by atoms with Gasteiger partial charge in [-0.25, -0.2) is 0 Å². The predicted octanol–water partition coefficient (Wildman–Crippen LogP) is 0.906. The molecule has 0 bridgehead atoms. The van der Waals surface area contributed by atoms with Crippen LogP contribution in [-0.4, -0.2) is 41.3 Å². The van der Waals surface area contributed by atoms with E-state index in [1.54, 1.807) is 12.4 Å². The molecule has 0 aliphatic carbocycles. The molecule has 1 aromatic heterocycles. The second-order valence-electron chi connectivity index (χ2n) is 3.89. The monoisotopic (exact) mass is 208 g/mol. The third-order valence-corrected chi connectivity index (χ3v) is 2.43. The van der Waals surface area contributed by atoms with Crippen molar-refractivity contribution in [3.63, 3.8) is 0 Å². The molecule has 1 atom stereocenters. The van der Waals surface area contributed by atoms with Crippen molar-refractivity contribution in [2.24, 2.45) is 0 Å². The van der Waals surface area contributed by atoms with Crippen LogP contribution >= 0.6 is 0 Å². The van der Waals surface area contributed by atoms with Gasteiger partial charge in [0.1, 0.15) is 0 Å². The van der Waals surface area contributed by atoms with Gasteiger partial charge in [0.15, 0.2) is 0 Å². The Kier molecular flexibility index (Phi) is 5.21. The van der Waals surface area contributed by atoms with Crippen LogP contribution in [0.2, 0.25) is 0 Å². The van der Waals surface area contributed by atoms with E-state index in [4.69, 9.17) is 0 Å². The zero-order valence-electron chi connectivity index (χ0n) is 9.77. The Morgan fingerprint density at radius 2 is 2.27 bits per heavy atom. The van der Waals surface area contributed by atoms with Crippen LogP contribution < -0.4 is 5.32 Å². The standard InChI is InChI=1S/C11H20N4/c1-4-15(3)9-10(2)12-7-11-5-6-13-14-8-11/h5-6,8,10,12H,4,7,9H2,1-3H3. The lowest BCUT2D eigenvalue weighted by Gasteiger charge is -2.20. The molecule has 15 heavy (non-hydrogen) atoms. The minimum atomic E-state index is 0.489. The number of nitrogens with one attached hydrogen (secondary N) is 1. The molecule has 0 aromatic carbocycles. The van der Waals surface area contributed by atoms with E-state index in [2.05, 4.69) is 41.3 Å². The van der Waals surface area contributed by atoms with E-state index >= 15 is 0 Å². The average Bonchev–Trinajstić information content (AvgIpc) is 2.27. The van der Waals surface area contributed by atoms with Crippen molar-refractivity contribution >= 4 is 0 Å². The fourth-order valence-corrected chi connectivity index (χ4v) is 1.38. The lowest BCUT2D eigenvalue weighted by atomic mass is 10.2. The molecule has 0 fully saturated rings. The van der Waals surface area contributed by atoms with Gasteiger partial charge in [-0.1, -0.05) is 6.92 Å². The van der Waals surface area contributed by atoms with Gasteiger partial charge in [0.2, 0.25) is 0 Å². The van der Waals surface area contributed by atoms with Gasteiger partial charge in [-0.15, -0.1) is 0 Å². The van der Waals surface area contributed by atoms with E-state index in [9.17, 15) is 0 Å². The summed E-state index contributed by atoms with van der Waals surface area (Å²) in [5, 5.41) is 11.0. The molecule has 0 saturated carbocycles. The number of likely N-dealkylation sites (N-methyl/N-ethyl adjacent to an activating group) is 1. The normalized spacial score (nSPS) is 13.1. The zero-order valence-corrected chi connectivity index (χ0v) is 9.77. The lowest BCUT2D eigenvalue weighted by molar-refractivity contribution is 0.309. The van der Waals surface area contributed by atoms with Crippen molar-refractivity contribution < 1.29 is 0 Å². The minimum absolute atomic E-state index is 0.489. The molecule has 4 heteroatoms. The Bertz CT molecular complexity index is 263. The Hall–Kier alpha value is -1.00. The Labute approximate surface area is 91.7 Å². The minimum Gasteiger partial charge on any atom is -0.309 e. The summed E-state index contributed by atoms with van der Waals surface area (Å²) in [4.78, 5) is 2.29. The molecule has 1 N–H and O–H groups in total. The van der Waals surface area contributed by atoms with Gasteiger partial charge in [-0.3, -0.25) is 0 Å². The smallest absolute Gasteiger partial charge is 0.0541 e. The van der Waals surface area contributed by atoms with Crippen molar-refractivity contribution in [1.82, 2.24) is 20.4 Å². The van der Waals surface area contributed by atoms with Gasteiger partial charge >= 0.3 is 0 Å². The summed E-state index contributed by atoms with van der Waals surface area (Å²) >= 11 is 0. The van der Waals surface area contributed by atoms with E-state index in [1.807, 2.05) is 6.07 Å². The summed E-state index contributed by atoms with van der Waals surface area (Å²) < 4.78 is 0. The van der Waals surface area contributed by atoms with E-state index in [1.165, 1.54) is 5.56 Å². The first-order valence-electron chi connectivity index (χ1n) is 5.40. The molecule has 0 amide bonds. The van der Waals surface area contributed by atoms with Gasteiger partial charge in [0, 0.05) is 25.3 Å². The van der Waals surface area contributed by atoms with Gasteiger partial charge in [0.05, 0.1) is 6.20 Å². The van der Waals surface area contributed by atoms with Gasteiger partial charge in [-0.05, 0) is 32.1 Å². The first-order chi connectivity index (χ1) is 7.22. The molecule has 0 saturated heterocycles. The van der Waals surface area contributed by atoms with Crippen LogP contribution in [0.5, 0.6) is 0 Å². The molecule has 0 spiro atoms. The molecule has 0 aliphatic rings. The molecule has 0 aliphatic heterocycles. The van der Waals surface area contributed by atoms with Gasteiger partial charge < -0.3 is 10.2 Å². The first-order valence-corrected chi connectivity index (χ1v) is 5.40. The van der Waals surface area contributed by atoms with Crippen molar-refractivity contribution in [2.45, 2.75) is 26.4 Å². The number of hydrogen-bond acceptors (Lipinski definition) is 4. The van der Waals surface area contributed by atoms with Crippen LogP contribution in [0.15, 0.2) is 18.5 Å². The van der Waals surface area contributed by atoms with Gasteiger partial charge in [0.25, 0.3) is 0 Å². The summed E-state index contributed by atoms with van der Waals surface area (Å²) in [6.45, 7) is 7.37. The van der Waals surface area contributed by atoms with Crippen LogP contribution in [0.1, 0.15) is 19.4 Å². The number of rotatable bonds is 6. The number of nitrogens with zero attached hydrogens (tertiary/aromatic N) is 3. The summed E-state index contributed by atoms with van der Waals surface area (Å²) in [5.74, 6) is 0. The highest BCUT2D eigenvalue weighted by Crippen LogP contribution is 1.95. The predicted molar refractivity (Wildman–Crippen MR) is 61.5 cm³/mol. The highest BCUT2D eigenvalue weighted by molar-refractivity contribution is 5.04. The first kappa shape index (κ1) is 12.1. The topological polar surface area (TPSA) is 41.0 Å². The van der Waals surface area contributed by atoms with Gasteiger partial charge in [-0.2, -0.15) is 10.2 Å². The fourth-order valence-electron chi connectivity index (χ4n) is 1.38. The lowest BCUT2D eigenvalue weighted by Crippen LogP contribution is -2.36. The molecule has 0 radical (unpaired) electrons. The number of aromatic nitrogens is 2. The van der Waals surface area contributed by atoms with Crippen molar-refractivity contribution in [3.8, 4) is 0 Å². The Balaban J connectivity index is 2.25. The summed E-state index contributed by atoms with van der Waals surface area (Å²) in [6.07, 6.45) is 3.52. The van der Waals surface area contributed by atoms with Crippen LogP contribution in [-0.2, 0) is 6.54 Å². The molecule has 4 nitrogen and oxygen atoms in total. The molecular formula is C11H20N4. The van der Waals surface area contributed by atoms with Crippen LogP contribution in [0, 0.1) is 0 Å². The maximum absolute atomic E-state index is 3.84. The zero-order chi connectivity index (χ0) is 11.1. The number of hydrogen-bond donors (Lipinski definition) is 1. The van der Waals surface area contributed by atoms with E-state index in [-0.39, 0.29) is 0 Å². The van der Waals surface area contributed by atoms with Crippen LogP contribution in [0.3, 0.4) is 0 Å². The second-order valence-corrected chi connectivity index (χ2v) is 3.89. The summed E-state index contributed by atoms with van der Waals surface area (Å²) in [7, 11) is 2.13. The van der Waals surface area contributed by atoms with Crippen molar-refractivity contribution in [2.75, 3.05) is 20.1 Å².